The van der Waals surface area contributed by atoms with E-state index in [-0.39, 0.29) is 0 Å². The van der Waals surface area contributed by atoms with E-state index in [2.05, 4.69) is 5.32 Å². The Labute approximate surface area is 133 Å². The molecule has 0 aromatic heterocycles. The van der Waals surface area contributed by atoms with Crippen LogP contribution in [0.4, 0.5) is 0 Å². The molecule has 1 N–H and O–H groups in total. The Hall–Kier alpha value is -0.930. The minimum absolute atomic E-state index is 0.651. The lowest BCUT2D eigenvalue weighted by Crippen LogP contribution is -2.33. The van der Waals surface area contributed by atoms with Crippen molar-refractivity contribution in [3.05, 3.63) is 24.3 Å². The normalized spacial score (nSPS) is 22.0. The quantitative estimate of drug-likeness (QED) is 0.586. The molecule has 3 nitrogen and oxygen atoms in total. The summed E-state index contributed by atoms with van der Waals surface area (Å²) < 4.78 is 11.0. The van der Waals surface area contributed by atoms with Crippen LogP contribution in [0.3, 0.4) is 0 Å². The third-order valence-electron chi connectivity index (χ3n) is 4.28. The van der Waals surface area contributed by atoms with Crippen molar-refractivity contribution in [1.82, 2.24) is 5.32 Å². The van der Waals surface area contributed by atoms with Gasteiger partial charge in [-0.1, -0.05) is 25.0 Å². The topological polar surface area (TPSA) is 30.5 Å². The summed E-state index contributed by atoms with van der Waals surface area (Å²) in [5.41, 5.74) is 0. The van der Waals surface area contributed by atoms with E-state index in [4.69, 9.17) is 21.1 Å². The first-order valence-corrected chi connectivity index (χ1v) is 8.41. The van der Waals surface area contributed by atoms with Gasteiger partial charge in [-0.15, -0.1) is 11.6 Å². The third kappa shape index (κ3) is 5.08. The van der Waals surface area contributed by atoms with Gasteiger partial charge in [-0.25, -0.2) is 0 Å². The van der Waals surface area contributed by atoms with Gasteiger partial charge in [0.2, 0.25) is 0 Å². The second-order valence-electron chi connectivity index (χ2n) is 5.66. The molecule has 0 saturated heterocycles. The lowest BCUT2D eigenvalue weighted by molar-refractivity contribution is 0.240. The van der Waals surface area contributed by atoms with Crippen molar-refractivity contribution in [2.75, 3.05) is 32.7 Å². The Balaban J connectivity index is 1.65. The molecule has 2 rings (SSSR count). The summed E-state index contributed by atoms with van der Waals surface area (Å²) >= 11 is 6.06. The maximum Gasteiger partial charge on any atom is 0.161 e. The Kier molecular flexibility index (Phi) is 7.17. The van der Waals surface area contributed by atoms with Crippen molar-refractivity contribution < 1.29 is 9.47 Å². The van der Waals surface area contributed by atoms with Gasteiger partial charge in [0.1, 0.15) is 6.61 Å². The van der Waals surface area contributed by atoms with Gasteiger partial charge in [0, 0.05) is 12.4 Å². The number of alkyl halides is 1. The van der Waals surface area contributed by atoms with Crippen LogP contribution in [0.2, 0.25) is 0 Å². The Morgan fingerprint density at radius 3 is 2.57 bits per heavy atom. The number of rotatable bonds is 8. The van der Waals surface area contributed by atoms with Gasteiger partial charge >= 0.3 is 0 Å². The van der Waals surface area contributed by atoms with Gasteiger partial charge in [0.05, 0.1) is 7.11 Å². The van der Waals surface area contributed by atoms with Gasteiger partial charge in [-0.05, 0) is 43.4 Å². The molecule has 2 unspecified atom stereocenters. The first-order valence-electron chi connectivity index (χ1n) is 7.87. The average Bonchev–Trinajstić information content (AvgIpc) is 2.55. The summed E-state index contributed by atoms with van der Waals surface area (Å²) in [6.07, 6.45) is 5.27. The van der Waals surface area contributed by atoms with E-state index in [0.717, 1.165) is 36.4 Å². The summed E-state index contributed by atoms with van der Waals surface area (Å²) in [6.45, 7) is 2.55. The molecular formula is C17H26ClNO2. The lowest BCUT2D eigenvalue weighted by atomic mass is 9.80. The number of methoxy groups -OCH3 is 1. The predicted molar refractivity (Wildman–Crippen MR) is 87.5 cm³/mol. The minimum Gasteiger partial charge on any atom is -0.493 e. The van der Waals surface area contributed by atoms with Crippen molar-refractivity contribution in [2.45, 2.75) is 25.7 Å². The zero-order valence-electron chi connectivity index (χ0n) is 12.8. The van der Waals surface area contributed by atoms with Gasteiger partial charge in [0.15, 0.2) is 11.5 Å². The van der Waals surface area contributed by atoms with Crippen LogP contribution in [-0.2, 0) is 0 Å². The molecule has 0 radical (unpaired) electrons. The summed E-state index contributed by atoms with van der Waals surface area (Å²) in [4.78, 5) is 0. The van der Waals surface area contributed by atoms with Crippen LogP contribution < -0.4 is 14.8 Å². The summed E-state index contributed by atoms with van der Waals surface area (Å²) in [7, 11) is 1.66. The molecule has 0 amide bonds. The standard InChI is InChI=1S/C17H26ClNO2/c1-20-16-8-4-5-9-17(16)21-11-10-19-13-15-7-3-2-6-14(15)12-18/h4-5,8-9,14-15,19H,2-3,6-7,10-13H2,1H3. The first kappa shape index (κ1) is 16.4. The maximum absolute atomic E-state index is 6.06. The molecule has 0 spiro atoms. The molecule has 2 atom stereocenters. The maximum atomic E-state index is 6.06. The molecule has 1 saturated carbocycles. The van der Waals surface area contributed by atoms with Gasteiger partial charge in [-0.3, -0.25) is 0 Å². The molecule has 1 aliphatic rings. The highest BCUT2D eigenvalue weighted by atomic mass is 35.5. The van der Waals surface area contributed by atoms with E-state index in [0.29, 0.717) is 12.5 Å². The number of benzene rings is 1. The number of hydrogen-bond donors (Lipinski definition) is 1. The molecule has 1 fully saturated rings. The van der Waals surface area contributed by atoms with Gasteiger partial charge < -0.3 is 14.8 Å². The van der Waals surface area contributed by atoms with E-state index in [1.807, 2.05) is 24.3 Å². The zero-order valence-corrected chi connectivity index (χ0v) is 13.6. The molecule has 1 aromatic rings. The van der Waals surface area contributed by atoms with Crippen molar-refractivity contribution in [3.8, 4) is 11.5 Å². The Morgan fingerprint density at radius 1 is 1.14 bits per heavy atom. The average molecular weight is 312 g/mol. The highest BCUT2D eigenvalue weighted by Crippen LogP contribution is 2.30. The number of hydrogen-bond acceptors (Lipinski definition) is 3. The monoisotopic (exact) mass is 311 g/mol. The lowest BCUT2D eigenvalue weighted by Gasteiger charge is -2.30. The molecular weight excluding hydrogens is 286 g/mol. The van der Waals surface area contributed by atoms with Crippen molar-refractivity contribution in [3.63, 3.8) is 0 Å². The van der Waals surface area contributed by atoms with Crippen LogP contribution in [-0.4, -0.2) is 32.7 Å². The van der Waals surface area contributed by atoms with E-state index in [1.165, 1.54) is 25.7 Å². The second kappa shape index (κ2) is 9.16. The number of nitrogens with one attached hydrogen (secondary N) is 1. The summed E-state index contributed by atoms with van der Waals surface area (Å²) in [5.74, 6) is 3.79. The first-order chi connectivity index (χ1) is 10.3. The molecule has 0 bridgehead atoms. The molecule has 1 aliphatic carbocycles. The SMILES string of the molecule is COc1ccccc1OCCNCC1CCCCC1CCl. The smallest absolute Gasteiger partial charge is 0.161 e. The molecule has 21 heavy (non-hydrogen) atoms. The van der Waals surface area contributed by atoms with Crippen LogP contribution in [0.15, 0.2) is 24.3 Å². The fourth-order valence-corrected chi connectivity index (χ4v) is 3.42. The number of para-hydroxylation sites is 2. The highest BCUT2D eigenvalue weighted by Gasteiger charge is 2.23. The number of halogens is 1. The Bertz CT molecular complexity index is 414. The minimum atomic E-state index is 0.651. The second-order valence-corrected chi connectivity index (χ2v) is 5.97. The van der Waals surface area contributed by atoms with Crippen LogP contribution in [0.1, 0.15) is 25.7 Å². The fraction of sp³-hybridized carbons (Fsp3) is 0.647. The summed E-state index contributed by atoms with van der Waals surface area (Å²) in [6, 6.07) is 7.75. The zero-order chi connectivity index (χ0) is 14.9. The van der Waals surface area contributed by atoms with E-state index in [9.17, 15) is 0 Å². The molecule has 1 aromatic carbocycles. The molecule has 0 aliphatic heterocycles. The van der Waals surface area contributed by atoms with Gasteiger partial charge in [-0.2, -0.15) is 0 Å². The van der Waals surface area contributed by atoms with E-state index in [1.54, 1.807) is 7.11 Å². The van der Waals surface area contributed by atoms with Gasteiger partial charge in [0.25, 0.3) is 0 Å². The molecule has 0 heterocycles. The van der Waals surface area contributed by atoms with Crippen molar-refractivity contribution in [1.29, 1.82) is 0 Å². The Morgan fingerprint density at radius 2 is 1.86 bits per heavy atom. The van der Waals surface area contributed by atoms with E-state index < -0.39 is 0 Å². The molecule has 4 heteroatoms. The van der Waals surface area contributed by atoms with Crippen LogP contribution in [0.5, 0.6) is 11.5 Å². The van der Waals surface area contributed by atoms with Crippen molar-refractivity contribution >= 4 is 11.6 Å². The highest BCUT2D eigenvalue weighted by molar-refractivity contribution is 6.18. The van der Waals surface area contributed by atoms with Crippen LogP contribution in [0, 0.1) is 11.8 Å². The summed E-state index contributed by atoms with van der Waals surface area (Å²) in [5, 5.41) is 3.50. The van der Waals surface area contributed by atoms with Crippen LogP contribution in [0.25, 0.3) is 0 Å². The largest absolute Gasteiger partial charge is 0.493 e. The number of ether oxygens (including phenoxy) is 2. The van der Waals surface area contributed by atoms with E-state index >= 15 is 0 Å². The third-order valence-corrected chi connectivity index (χ3v) is 4.67. The predicted octanol–water partition coefficient (Wildman–Crippen LogP) is 3.71. The van der Waals surface area contributed by atoms with Crippen LogP contribution >= 0.6 is 11.6 Å². The molecule has 118 valence electrons. The fourth-order valence-electron chi connectivity index (χ4n) is 3.01. The van der Waals surface area contributed by atoms with Crippen molar-refractivity contribution in [2.24, 2.45) is 11.8 Å².